The molecule has 1 heterocycles. The molecule has 1 rings (SSSR count). The highest BCUT2D eigenvalue weighted by Gasteiger charge is 2.47. The molecule has 1 aliphatic rings. The molecule has 1 unspecified atom stereocenters. The summed E-state index contributed by atoms with van der Waals surface area (Å²) in [6.07, 6.45) is 2.97. The third kappa shape index (κ3) is 2.54. The second kappa shape index (κ2) is 5.32. The number of hydrogen-bond acceptors (Lipinski definition) is 4. The van der Waals surface area contributed by atoms with Crippen LogP contribution in [0.15, 0.2) is 0 Å². The van der Waals surface area contributed by atoms with Crippen LogP contribution < -0.4 is 0 Å². The fraction of sp³-hybridized carbons (Fsp3) is 0.833. The van der Waals surface area contributed by atoms with Gasteiger partial charge >= 0.3 is 11.9 Å². The fourth-order valence-corrected chi connectivity index (χ4v) is 2.28. The molecule has 0 N–H and O–H groups in total. The Labute approximate surface area is 96.3 Å². The molecule has 1 saturated heterocycles. The zero-order valence-electron chi connectivity index (χ0n) is 10.2. The van der Waals surface area contributed by atoms with Crippen LogP contribution in [0.25, 0.3) is 0 Å². The average Bonchev–Trinajstić information content (AvgIpc) is 2.24. The SMILES string of the molecule is CCCC(CC)C1(CC)OC(=O)CC(=O)O1. The summed E-state index contributed by atoms with van der Waals surface area (Å²) < 4.78 is 10.6. The second-order valence-electron chi connectivity index (χ2n) is 4.18. The maximum atomic E-state index is 11.3. The van der Waals surface area contributed by atoms with E-state index < -0.39 is 17.7 Å². The lowest BCUT2D eigenvalue weighted by atomic mass is 9.88. The van der Waals surface area contributed by atoms with E-state index in [9.17, 15) is 9.59 Å². The van der Waals surface area contributed by atoms with Crippen LogP contribution in [-0.4, -0.2) is 17.7 Å². The Hall–Kier alpha value is -1.06. The minimum Gasteiger partial charge on any atom is -0.422 e. The molecule has 0 aromatic heterocycles. The Morgan fingerprint density at radius 1 is 1.19 bits per heavy atom. The molecule has 0 saturated carbocycles. The van der Waals surface area contributed by atoms with E-state index in [1.165, 1.54) is 0 Å². The molecule has 0 aliphatic carbocycles. The lowest BCUT2D eigenvalue weighted by molar-refractivity contribution is -0.264. The summed E-state index contributed by atoms with van der Waals surface area (Å²) in [5.41, 5.74) is 0. The van der Waals surface area contributed by atoms with Gasteiger partial charge in [-0.3, -0.25) is 9.59 Å². The molecule has 0 radical (unpaired) electrons. The highest BCUT2D eigenvalue weighted by molar-refractivity contribution is 5.93. The van der Waals surface area contributed by atoms with Crippen molar-refractivity contribution in [1.29, 1.82) is 0 Å². The first-order valence-electron chi connectivity index (χ1n) is 6.01. The number of esters is 2. The van der Waals surface area contributed by atoms with Crippen molar-refractivity contribution in [2.24, 2.45) is 5.92 Å². The average molecular weight is 228 g/mol. The van der Waals surface area contributed by atoms with Gasteiger partial charge in [-0.1, -0.05) is 27.2 Å². The molecular formula is C12H20O4. The normalized spacial score (nSPS) is 21.2. The molecule has 4 nitrogen and oxygen atoms in total. The van der Waals surface area contributed by atoms with Crippen molar-refractivity contribution >= 4 is 11.9 Å². The zero-order valence-corrected chi connectivity index (χ0v) is 10.2. The van der Waals surface area contributed by atoms with Crippen LogP contribution in [-0.2, 0) is 19.1 Å². The van der Waals surface area contributed by atoms with Crippen molar-refractivity contribution in [2.45, 2.75) is 58.7 Å². The molecule has 4 heteroatoms. The lowest BCUT2D eigenvalue weighted by Gasteiger charge is -2.40. The lowest BCUT2D eigenvalue weighted by Crippen LogP contribution is -2.50. The molecule has 0 aromatic carbocycles. The Kier molecular flexibility index (Phi) is 4.33. The van der Waals surface area contributed by atoms with E-state index in [-0.39, 0.29) is 12.3 Å². The summed E-state index contributed by atoms with van der Waals surface area (Å²) >= 11 is 0. The molecule has 1 fully saturated rings. The van der Waals surface area contributed by atoms with Crippen molar-refractivity contribution in [3.8, 4) is 0 Å². The number of cyclic esters (lactones) is 2. The van der Waals surface area contributed by atoms with Gasteiger partial charge in [-0.25, -0.2) is 0 Å². The zero-order chi connectivity index (χ0) is 12.2. The van der Waals surface area contributed by atoms with E-state index in [0.29, 0.717) is 6.42 Å². The maximum Gasteiger partial charge on any atom is 0.320 e. The van der Waals surface area contributed by atoms with Crippen LogP contribution in [0.5, 0.6) is 0 Å². The maximum absolute atomic E-state index is 11.3. The standard InChI is InChI=1S/C12H20O4/c1-4-7-9(5-2)12(6-3)15-10(13)8-11(14)16-12/h9H,4-8H2,1-3H3. The van der Waals surface area contributed by atoms with Gasteiger partial charge in [0.2, 0.25) is 0 Å². The van der Waals surface area contributed by atoms with E-state index in [0.717, 1.165) is 19.3 Å². The number of carbonyl (C=O) groups is 2. The number of rotatable bonds is 5. The molecule has 0 aromatic rings. The third-order valence-electron chi connectivity index (χ3n) is 3.11. The van der Waals surface area contributed by atoms with Gasteiger partial charge in [-0.2, -0.15) is 0 Å². The van der Waals surface area contributed by atoms with Crippen LogP contribution in [0.3, 0.4) is 0 Å². The Morgan fingerprint density at radius 3 is 2.12 bits per heavy atom. The van der Waals surface area contributed by atoms with E-state index >= 15 is 0 Å². The molecule has 1 atom stereocenters. The smallest absolute Gasteiger partial charge is 0.320 e. The summed E-state index contributed by atoms with van der Waals surface area (Å²) in [6, 6.07) is 0. The molecule has 1 aliphatic heterocycles. The van der Waals surface area contributed by atoms with Crippen molar-refractivity contribution in [3.05, 3.63) is 0 Å². The molecule has 16 heavy (non-hydrogen) atoms. The molecular weight excluding hydrogens is 208 g/mol. The predicted octanol–water partition coefficient (Wildman–Crippen LogP) is 2.41. The van der Waals surface area contributed by atoms with Crippen LogP contribution >= 0.6 is 0 Å². The van der Waals surface area contributed by atoms with Gasteiger partial charge in [0.05, 0.1) is 0 Å². The van der Waals surface area contributed by atoms with Gasteiger partial charge in [0.15, 0.2) is 0 Å². The minimum atomic E-state index is -1.02. The predicted molar refractivity (Wildman–Crippen MR) is 58.5 cm³/mol. The second-order valence-corrected chi connectivity index (χ2v) is 4.18. The monoisotopic (exact) mass is 228 g/mol. The molecule has 0 amide bonds. The van der Waals surface area contributed by atoms with Crippen molar-refractivity contribution in [1.82, 2.24) is 0 Å². The summed E-state index contributed by atoms with van der Waals surface area (Å²) in [5, 5.41) is 0. The quantitative estimate of drug-likeness (QED) is 0.535. The third-order valence-corrected chi connectivity index (χ3v) is 3.11. The van der Waals surface area contributed by atoms with Gasteiger partial charge in [0.25, 0.3) is 5.79 Å². The van der Waals surface area contributed by atoms with Crippen LogP contribution in [0.2, 0.25) is 0 Å². The van der Waals surface area contributed by atoms with Gasteiger partial charge in [-0.05, 0) is 12.8 Å². The van der Waals surface area contributed by atoms with E-state index in [1.54, 1.807) is 0 Å². The van der Waals surface area contributed by atoms with E-state index in [1.807, 2.05) is 13.8 Å². The summed E-state index contributed by atoms with van der Waals surface area (Å²) in [4.78, 5) is 22.7. The Morgan fingerprint density at radius 2 is 1.75 bits per heavy atom. The number of ether oxygens (including phenoxy) is 2. The molecule has 0 bridgehead atoms. The topological polar surface area (TPSA) is 52.6 Å². The van der Waals surface area contributed by atoms with E-state index in [2.05, 4.69) is 6.92 Å². The fourth-order valence-electron chi connectivity index (χ4n) is 2.28. The first kappa shape index (κ1) is 13.0. The van der Waals surface area contributed by atoms with E-state index in [4.69, 9.17) is 9.47 Å². The molecule has 92 valence electrons. The van der Waals surface area contributed by atoms with Crippen molar-refractivity contribution in [2.75, 3.05) is 0 Å². The van der Waals surface area contributed by atoms with Gasteiger partial charge < -0.3 is 9.47 Å². The van der Waals surface area contributed by atoms with Crippen LogP contribution in [0.4, 0.5) is 0 Å². The first-order valence-corrected chi connectivity index (χ1v) is 6.01. The van der Waals surface area contributed by atoms with Crippen LogP contribution in [0, 0.1) is 5.92 Å². The van der Waals surface area contributed by atoms with Gasteiger partial charge in [0, 0.05) is 12.3 Å². The Balaban J connectivity index is 2.89. The largest absolute Gasteiger partial charge is 0.422 e. The number of carbonyl (C=O) groups excluding carboxylic acids is 2. The highest BCUT2D eigenvalue weighted by atomic mass is 16.7. The Bertz CT molecular complexity index is 256. The van der Waals surface area contributed by atoms with Gasteiger partial charge in [-0.15, -0.1) is 0 Å². The number of hydrogen-bond donors (Lipinski definition) is 0. The van der Waals surface area contributed by atoms with Crippen molar-refractivity contribution < 1.29 is 19.1 Å². The molecule has 0 spiro atoms. The summed E-state index contributed by atoms with van der Waals surface area (Å²) in [7, 11) is 0. The summed E-state index contributed by atoms with van der Waals surface area (Å²) in [6.45, 7) is 5.97. The first-order chi connectivity index (χ1) is 7.57. The van der Waals surface area contributed by atoms with Gasteiger partial charge in [0.1, 0.15) is 6.42 Å². The summed E-state index contributed by atoms with van der Waals surface area (Å²) in [5.74, 6) is -1.85. The van der Waals surface area contributed by atoms with Crippen LogP contribution in [0.1, 0.15) is 52.9 Å². The highest BCUT2D eigenvalue weighted by Crippen LogP contribution is 2.36. The van der Waals surface area contributed by atoms with Crippen molar-refractivity contribution in [3.63, 3.8) is 0 Å². The minimum absolute atomic E-state index is 0.0932.